The van der Waals surface area contributed by atoms with Crippen LogP contribution >= 0.6 is 34.8 Å². The van der Waals surface area contributed by atoms with E-state index in [-0.39, 0.29) is 22.0 Å². The summed E-state index contributed by atoms with van der Waals surface area (Å²) < 4.78 is 14.0. The number of aromatic nitrogens is 2. The molecule has 0 aliphatic carbocycles. The van der Waals surface area contributed by atoms with Crippen LogP contribution in [0.4, 0.5) is 15.8 Å². The second-order valence-corrected chi connectivity index (χ2v) is 9.46. The molecule has 0 fully saturated rings. The van der Waals surface area contributed by atoms with Crippen molar-refractivity contribution in [2.24, 2.45) is 0 Å². The number of rotatable bonds is 5. The van der Waals surface area contributed by atoms with Gasteiger partial charge in [-0.05, 0) is 54.6 Å². The van der Waals surface area contributed by atoms with E-state index in [1.54, 1.807) is 36.4 Å². The highest BCUT2D eigenvalue weighted by molar-refractivity contribution is 6.42. The number of anilines is 2. The van der Waals surface area contributed by atoms with Crippen molar-refractivity contribution in [3.63, 3.8) is 0 Å². The first-order valence-electron chi connectivity index (χ1n) is 11.0. The fraction of sp³-hybridized carbons (Fsp3) is 0. The van der Waals surface area contributed by atoms with E-state index >= 15 is 0 Å². The van der Waals surface area contributed by atoms with Crippen LogP contribution in [0.5, 0.6) is 5.75 Å². The van der Waals surface area contributed by atoms with Gasteiger partial charge in [0.15, 0.2) is 0 Å². The fourth-order valence-corrected chi connectivity index (χ4v) is 4.19. The molecule has 190 valence electrons. The third kappa shape index (κ3) is 5.28. The summed E-state index contributed by atoms with van der Waals surface area (Å²) >= 11 is 17.8. The number of hydrogen-bond donors (Lipinski definition) is 4. The van der Waals surface area contributed by atoms with E-state index in [1.165, 1.54) is 30.3 Å². The van der Waals surface area contributed by atoms with E-state index in [9.17, 15) is 19.1 Å². The van der Waals surface area contributed by atoms with Gasteiger partial charge in [-0.3, -0.25) is 9.59 Å². The zero-order chi connectivity index (χ0) is 27.0. The van der Waals surface area contributed by atoms with Gasteiger partial charge in [0.05, 0.1) is 32.3 Å². The van der Waals surface area contributed by atoms with Crippen LogP contribution in [0.15, 0.2) is 72.8 Å². The van der Waals surface area contributed by atoms with Gasteiger partial charge >= 0.3 is 0 Å². The standard InChI is InChI=1S/C27H16Cl3FN4O3/c28-15-5-8-21(20(31)9-15)35-27(38)17-7-6-16(10-24(17)36)32-26(37)14-3-1-13(2-4-14)25-33-22-11-18(29)19(30)12-23(22)34-25/h1-12,36H,(H,32,37)(H,33,34)(H,35,38). The highest BCUT2D eigenvalue weighted by atomic mass is 35.5. The molecule has 1 heterocycles. The van der Waals surface area contributed by atoms with Crippen LogP contribution in [0.2, 0.25) is 15.1 Å². The SMILES string of the molecule is O=C(Nc1ccc(C(=O)Nc2ccc(Cl)cc2F)c(O)c1)c1ccc(-c2nc3cc(Cl)c(Cl)cc3[nH]2)cc1. The predicted molar refractivity (Wildman–Crippen MR) is 147 cm³/mol. The van der Waals surface area contributed by atoms with Gasteiger partial charge in [0.1, 0.15) is 17.4 Å². The molecule has 11 heteroatoms. The molecular weight excluding hydrogens is 554 g/mol. The Kier molecular flexibility index (Phi) is 6.94. The number of nitrogens with one attached hydrogen (secondary N) is 3. The average molecular weight is 570 g/mol. The number of hydrogen-bond acceptors (Lipinski definition) is 4. The number of fused-ring (bicyclic) bond motifs is 1. The van der Waals surface area contributed by atoms with Gasteiger partial charge in [0.2, 0.25) is 0 Å². The smallest absolute Gasteiger partial charge is 0.259 e. The molecule has 4 N–H and O–H groups in total. The summed E-state index contributed by atoms with van der Waals surface area (Å²) in [7, 11) is 0. The van der Waals surface area contributed by atoms with Crippen LogP contribution in [0.1, 0.15) is 20.7 Å². The number of aromatic hydroxyl groups is 1. The number of phenolic OH excluding ortho intramolecular Hbond substituents is 1. The number of aromatic amines is 1. The van der Waals surface area contributed by atoms with Crippen LogP contribution in [0.25, 0.3) is 22.4 Å². The minimum absolute atomic E-state index is 0.0881. The maximum Gasteiger partial charge on any atom is 0.259 e. The van der Waals surface area contributed by atoms with Crippen LogP contribution in [0.3, 0.4) is 0 Å². The van der Waals surface area contributed by atoms with E-state index in [0.29, 0.717) is 26.9 Å². The van der Waals surface area contributed by atoms with Crippen LogP contribution < -0.4 is 10.6 Å². The summed E-state index contributed by atoms with van der Waals surface area (Å²) in [5, 5.41) is 16.4. The van der Waals surface area contributed by atoms with E-state index in [2.05, 4.69) is 20.6 Å². The lowest BCUT2D eigenvalue weighted by atomic mass is 10.1. The maximum absolute atomic E-state index is 14.0. The number of H-pyrrole nitrogens is 1. The Labute approximate surface area is 230 Å². The van der Waals surface area contributed by atoms with Crippen molar-refractivity contribution < 1.29 is 19.1 Å². The molecule has 0 atom stereocenters. The molecule has 0 radical (unpaired) electrons. The lowest BCUT2D eigenvalue weighted by molar-refractivity contribution is 0.101. The molecule has 0 saturated heterocycles. The second-order valence-electron chi connectivity index (χ2n) is 8.21. The van der Waals surface area contributed by atoms with Crippen molar-refractivity contribution in [2.75, 3.05) is 10.6 Å². The molecule has 0 aliphatic heterocycles. The Hall–Kier alpha value is -4.11. The van der Waals surface area contributed by atoms with Crippen LogP contribution in [-0.4, -0.2) is 26.9 Å². The van der Waals surface area contributed by atoms with Crippen LogP contribution in [0, 0.1) is 5.82 Å². The zero-order valence-electron chi connectivity index (χ0n) is 19.2. The van der Waals surface area contributed by atoms with Gasteiger partial charge in [0.25, 0.3) is 11.8 Å². The minimum atomic E-state index is -0.729. The Morgan fingerprint density at radius 2 is 1.58 bits per heavy atom. The van der Waals surface area contributed by atoms with Crippen molar-refractivity contribution in [1.29, 1.82) is 0 Å². The summed E-state index contributed by atoms with van der Waals surface area (Å²) in [6.45, 7) is 0. The number of benzene rings is 4. The number of halogens is 4. The first kappa shape index (κ1) is 25.5. The number of amides is 2. The summed E-state index contributed by atoms with van der Waals surface area (Å²) in [6, 6.07) is 17.9. The second kappa shape index (κ2) is 10.3. The monoisotopic (exact) mass is 568 g/mol. The third-order valence-corrected chi connectivity index (χ3v) is 6.58. The molecule has 1 aromatic heterocycles. The number of imidazole rings is 1. The molecule has 2 amide bonds. The maximum atomic E-state index is 14.0. The lowest BCUT2D eigenvalue weighted by Crippen LogP contribution is -2.14. The van der Waals surface area contributed by atoms with Gasteiger partial charge < -0.3 is 20.7 Å². The van der Waals surface area contributed by atoms with E-state index in [1.807, 2.05) is 0 Å². The summed E-state index contributed by atoms with van der Waals surface area (Å²) in [4.78, 5) is 32.9. The summed E-state index contributed by atoms with van der Waals surface area (Å²) in [5.41, 5.74) is 2.56. The van der Waals surface area contributed by atoms with Gasteiger partial charge in [0, 0.05) is 27.9 Å². The van der Waals surface area contributed by atoms with Crippen molar-refractivity contribution >= 4 is 69.0 Å². The lowest BCUT2D eigenvalue weighted by Gasteiger charge is -2.10. The van der Waals surface area contributed by atoms with Crippen molar-refractivity contribution in [2.45, 2.75) is 0 Å². The van der Waals surface area contributed by atoms with E-state index in [4.69, 9.17) is 34.8 Å². The van der Waals surface area contributed by atoms with E-state index < -0.39 is 23.4 Å². The fourth-order valence-electron chi connectivity index (χ4n) is 3.71. The van der Waals surface area contributed by atoms with Crippen molar-refractivity contribution in [3.05, 3.63) is 105 Å². The average Bonchev–Trinajstić information content (AvgIpc) is 3.28. The highest BCUT2D eigenvalue weighted by Crippen LogP contribution is 2.29. The molecule has 38 heavy (non-hydrogen) atoms. The number of nitrogens with zero attached hydrogens (tertiary/aromatic N) is 1. The topological polar surface area (TPSA) is 107 Å². The highest BCUT2D eigenvalue weighted by Gasteiger charge is 2.16. The van der Waals surface area contributed by atoms with Crippen LogP contribution in [-0.2, 0) is 0 Å². The molecule has 0 spiro atoms. The molecule has 0 saturated carbocycles. The zero-order valence-corrected chi connectivity index (χ0v) is 21.4. The molecule has 0 aliphatic rings. The Bertz CT molecular complexity index is 1680. The first-order chi connectivity index (χ1) is 18.2. The Balaban J connectivity index is 1.27. The molecule has 5 rings (SSSR count). The van der Waals surface area contributed by atoms with Gasteiger partial charge in [-0.15, -0.1) is 0 Å². The summed E-state index contributed by atoms with van der Waals surface area (Å²) in [6.07, 6.45) is 0. The Morgan fingerprint density at radius 1 is 0.842 bits per heavy atom. The minimum Gasteiger partial charge on any atom is -0.507 e. The van der Waals surface area contributed by atoms with Gasteiger partial charge in [-0.1, -0.05) is 46.9 Å². The normalized spacial score (nSPS) is 10.9. The van der Waals surface area contributed by atoms with Crippen molar-refractivity contribution in [3.8, 4) is 17.1 Å². The van der Waals surface area contributed by atoms with E-state index in [0.717, 1.165) is 17.1 Å². The summed E-state index contributed by atoms with van der Waals surface area (Å²) in [5.74, 6) is -1.68. The number of carbonyl (C=O) groups is 2. The molecule has 4 aromatic carbocycles. The molecule has 7 nitrogen and oxygen atoms in total. The molecule has 0 unspecified atom stereocenters. The van der Waals surface area contributed by atoms with Gasteiger partial charge in [-0.2, -0.15) is 0 Å². The molecule has 5 aromatic rings. The van der Waals surface area contributed by atoms with Gasteiger partial charge in [-0.25, -0.2) is 9.37 Å². The quantitative estimate of drug-likeness (QED) is 0.175. The third-order valence-electron chi connectivity index (χ3n) is 5.62. The largest absolute Gasteiger partial charge is 0.507 e. The number of phenols is 1. The Morgan fingerprint density at radius 3 is 2.29 bits per heavy atom. The molecule has 0 bridgehead atoms. The number of carbonyl (C=O) groups excluding carboxylic acids is 2. The first-order valence-corrected chi connectivity index (χ1v) is 12.2. The van der Waals surface area contributed by atoms with Crippen molar-refractivity contribution in [1.82, 2.24) is 9.97 Å². The molecular formula is C27H16Cl3FN4O3. The predicted octanol–water partition coefficient (Wildman–Crippen LogP) is 7.54.